The van der Waals surface area contributed by atoms with Gasteiger partial charge < -0.3 is 15.5 Å². The maximum Gasteiger partial charge on any atom is 0.262 e. The van der Waals surface area contributed by atoms with Crippen LogP contribution in [0.2, 0.25) is 15.1 Å². The monoisotopic (exact) mass is 523 g/mol. The Kier molecular flexibility index (Phi) is 7.50. The van der Waals surface area contributed by atoms with Crippen molar-refractivity contribution in [1.29, 1.82) is 0 Å². The molecule has 0 spiro atoms. The van der Waals surface area contributed by atoms with Crippen LogP contribution in [0.15, 0.2) is 17.3 Å². The van der Waals surface area contributed by atoms with E-state index in [4.69, 9.17) is 46.1 Å². The van der Waals surface area contributed by atoms with E-state index < -0.39 is 0 Å². The number of hydrogen-bond donors (Lipinski definition) is 2. The number of fused-ring (bicyclic) bond motifs is 1. The predicted molar refractivity (Wildman–Crippen MR) is 132 cm³/mol. The third-order valence-electron chi connectivity index (χ3n) is 5.53. The summed E-state index contributed by atoms with van der Waals surface area (Å²) in [6.07, 6.45) is 9.08. The van der Waals surface area contributed by atoms with E-state index in [1.165, 1.54) is 11.3 Å². The normalized spacial score (nSPS) is 16.9. The summed E-state index contributed by atoms with van der Waals surface area (Å²) in [6.45, 7) is -0.00891. The Morgan fingerprint density at radius 3 is 2.55 bits per heavy atom. The van der Waals surface area contributed by atoms with E-state index in [0.717, 1.165) is 53.0 Å². The molecule has 0 fully saturated rings. The van der Waals surface area contributed by atoms with E-state index >= 15 is 0 Å². The van der Waals surface area contributed by atoms with Crippen LogP contribution in [0.25, 0.3) is 0 Å². The van der Waals surface area contributed by atoms with Gasteiger partial charge in [0.2, 0.25) is 5.91 Å². The first-order valence-corrected chi connectivity index (χ1v) is 12.3. The number of benzene rings is 1. The van der Waals surface area contributed by atoms with Crippen LogP contribution in [0.5, 0.6) is 0 Å². The molecule has 1 aliphatic carbocycles. The minimum absolute atomic E-state index is 0.123. The minimum Gasteiger partial charge on any atom is -0.387 e. The SMILES string of the molecule is C#CCNC(=O)CNC(=O)c1sc(C2=NOC(c3cc(Cl)c(Cl)c(Cl)c3)C2)c2c1CCCC2. The highest BCUT2D eigenvalue weighted by molar-refractivity contribution is 7.16. The second-order valence-electron chi connectivity index (χ2n) is 7.72. The minimum atomic E-state index is -0.342. The van der Waals surface area contributed by atoms with Crippen molar-refractivity contribution >= 4 is 63.7 Å². The van der Waals surface area contributed by atoms with Gasteiger partial charge in [-0.25, -0.2) is 0 Å². The van der Waals surface area contributed by atoms with Crippen molar-refractivity contribution in [3.8, 4) is 12.3 Å². The third kappa shape index (κ3) is 5.15. The molecule has 1 aromatic heterocycles. The average Bonchev–Trinajstić information content (AvgIpc) is 3.44. The van der Waals surface area contributed by atoms with E-state index in [1.54, 1.807) is 12.1 Å². The van der Waals surface area contributed by atoms with Gasteiger partial charge >= 0.3 is 0 Å². The average molecular weight is 525 g/mol. The number of hydrogen-bond acceptors (Lipinski definition) is 5. The highest BCUT2D eigenvalue weighted by Crippen LogP contribution is 2.41. The molecule has 1 unspecified atom stereocenters. The first kappa shape index (κ1) is 23.9. The molecule has 2 aliphatic rings. The standard InChI is InChI=1S/C23H20Cl3N3O3S/c1-2-7-27-19(30)11-28-23(31)22-14-6-4-3-5-13(14)21(33-22)17-10-18(32-29-17)12-8-15(24)20(26)16(25)9-12/h1,8-9,18H,3-7,10-11H2,(H,27,30)(H,28,31). The van der Waals surface area contributed by atoms with E-state index in [-0.39, 0.29) is 31.0 Å². The van der Waals surface area contributed by atoms with Gasteiger partial charge in [0.1, 0.15) is 5.71 Å². The van der Waals surface area contributed by atoms with E-state index in [9.17, 15) is 9.59 Å². The molecule has 6 nitrogen and oxygen atoms in total. The maximum absolute atomic E-state index is 12.9. The molecule has 2 aromatic rings. The molecule has 10 heteroatoms. The molecule has 33 heavy (non-hydrogen) atoms. The van der Waals surface area contributed by atoms with Crippen LogP contribution in [0.4, 0.5) is 0 Å². The summed E-state index contributed by atoms with van der Waals surface area (Å²) in [6, 6.07) is 3.46. The summed E-state index contributed by atoms with van der Waals surface area (Å²) in [5.41, 5.74) is 3.75. The number of amides is 2. The Labute approximate surface area is 210 Å². The fourth-order valence-electron chi connectivity index (χ4n) is 3.95. The van der Waals surface area contributed by atoms with Crippen LogP contribution >= 0.6 is 46.1 Å². The van der Waals surface area contributed by atoms with Crippen LogP contribution < -0.4 is 10.6 Å². The zero-order chi connectivity index (χ0) is 23.5. The van der Waals surface area contributed by atoms with Crippen LogP contribution in [0, 0.1) is 12.3 Å². The van der Waals surface area contributed by atoms with E-state index in [2.05, 4.69) is 21.7 Å². The highest BCUT2D eigenvalue weighted by Gasteiger charge is 2.32. The number of carbonyl (C=O) groups excluding carboxylic acids is 2. The van der Waals surface area contributed by atoms with Crippen molar-refractivity contribution in [2.45, 2.75) is 38.2 Å². The van der Waals surface area contributed by atoms with Crippen molar-refractivity contribution in [3.63, 3.8) is 0 Å². The molecule has 0 radical (unpaired) electrons. The van der Waals surface area contributed by atoms with Crippen molar-refractivity contribution in [1.82, 2.24) is 10.6 Å². The Balaban J connectivity index is 1.53. The molecule has 0 saturated heterocycles. The summed E-state index contributed by atoms with van der Waals surface area (Å²) in [5, 5.41) is 10.6. The van der Waals surface area contributed by atoms with Gasteiger partial charge in [-0.2, -0.15) is 0 Å². The van der Waals surface area contributed by atoms with Crippen molar-refractivity contribution in [2.75, 3.05) is 13.1 Å². The number of rotatable bonds is 6. The van der Waals surface area contributed by atoms with Gasteiger partial charge in [-0.1, -0.05) is 45.9 Å². The van der Waals surface area contributed by atoms with Crippen LogP contribution in [0.1, 0.15) is 56.6 Å². The molecular weight excluding hydrogens is 505 g/mol. The summed E-state index contributed by atoms with van der Waals surface area (Å²) < 4.78 is 0. The molecule has 2 heterocycles. The lowest BCUT2D eigenvalue weighted by Gasteiger charge is -2.14. The largest absolute Gasteiger partial charge is 0.387 e. The van der Waals surface area contributed by atoms with Crippen LogP contribution in [0.3, 0.4) is 0 Å². The molecule has 0 bridgehead atoms. The van der Waals surface area contributed by atoms with Crippen LogP contribution in [-0.2, 0) is 22.5 Å². The van der Waals surface area contributed by atoms with Gasteiger partial charge in [-0.15, -0.1) is 17.8 Å². The molecule has 1 aromatic carbocycles. The Morgan fingerprint density at radius 1 is 1.15 bits per heavy atom. The number of carbonyl (C=O) groups is 2. The Morgan fingerprint density at radius 2 is 1.85 bits per heavy atom. The van der Waals surface area contributed by atoms with Crippen LogP contribution in [-0.4, -0.2) is 30.6 Å². The zero-order valence-corrected chi connectivity index (χ0v) is 20.6. The van der Waals surface area contributed by atoms with E-state index in [0.29, 0.717) is 26.4 Å². The van der Waals surface area contributed by atoms with Gasteiger partial charge in [-0.3, -0.25) is 9.59 Å². The second-order valence-corrected chi connectivity index (χ2v) is 9.94. The van der Waals surface area contributed by atoms with Gasteiger partial charge in [0.05, 0.1) is 37.9 Å². The quantitative estimate of drug-likeness (QED) is 0.415. The summed E-state index contributed by atoms with van der Waals surface area (Å²) in [7, 11) is 0. The van der Waals surface area contributed by atoms with Gasteiger partial charge in [-0.05, 0) is 54.5 Å². The summed E-state index contributed by atoms with van der Waals surface area (Å²) >= 11 is 19.8. The van der Waals surface area contributed by atoms with Crippen molar-refractivity contribution < 1.29 is 14.4 Å². The first-order chi connectivity index (χ1) is 15.9. The van der Waals surface area contributed by atoms with Gasteiger partial charge in [0.25, 0.3) is 5.91 Å². The number of thiophene rings is 1. The summed E-state index contributed by atoms with van der Waals surface area (Å²) in [4.78, 5) is 32.0. The number of nitrogens with zero attached hydrogens (tertiary/aromatic N) is 1. The molecular formula is C23H20Cl3N3O3S. The molecule has 2 amide bonds. The van der Waals surface area contributed by atoms with Gasteiger partial charge in [0, 0.05) is 6.42 Å². The van der Waals surface area contributed by atoms with Gasteiger partial charge in [0.15, 0.2) is 6.10 Å². The second kappa shape index (κ2) is 10.4. The number of oxime groups is 1. The highest BCUT2D eigenvalue weighted by atomic mass is 35.5. The third-order valence-corrected chi connectivity index (χ3v) is 8.05. The Bertz CT molecular complexity index is 1160. The molecule has 2 N–H and O–H groups in total. The number of nitrogens with one attached hydrogen (secondary N) is 2. The zero-order valence-electron chi connectivity index (χ0n) is 17.5. The van der Waals surface area contributed by atoms with Crippen molar-refractivity contribution in [3.05, 3.63) is 53.6 Å². The fraction of sp³-hybridized carbons (Fsp3) is 0.348. The number of halogens is 3. The molecule has 0 saturated carbocycles. The lowest BCUT2D eigenvalue weighted by Crippen LogP contribution is -2.37. The predicted octanol–water partition coefficient (Wildman–Crippen LogP) is 4.93. The summed E-state index contributed by atoms with van der Waals surface area (Å²) in [5.74, 6) is 1.73. The fourth-order valence-corrected chi connectivity index (χ4v) is 5.87. The molecule has 172 valence electrons. The van der Waals surface area contributed by atoms with E-state index in [1.807, 2.05) is 0 Å². The number of terminal acetylenes is 1. The maximum atomic E-state index is 12.9. The van der Waals surface area contributed by atoms with Crippen molar-refractivity contribution in [2.24, 2.45) is 5.16 Å². The first-order valence-electron chi connectivity index (χ1n) is 10.4. The smallest absolute Gasteiger partial charge is 0.262 e. The lowest BCUT2D eigenvalue weighted by molar-refractivity contribution is -0.119. The molecule has 4 rings (SSSR count). The lowest BCUT2D eigenvalue weighted by atomic mass is 9.90. The molecule has 1 aliphatic heterocycles. The topological polar surface area (TPSA) is 79.8 Å². The molecule has 1 atom stereocenters. The Hall–Kier alpha value is -2.24.